The predicted molar refractivity (Wildman–Crippen MR) is 129 cm³/mol. The average Bonchev–Trinajstić information content (AvgIpc) is 3.35. The number of hydrogen-bond acceptors (Lipinski definition) is 5. The quantitative estimate of drug-likeness (QED) is 0.449. The Morgan fingerprint density at radius 3 is 2.67 bits per heavy atom. The number of hydrogen-bond donors (Lipinski definition) is 2. The standard InChI is InChI=1S/C25H32FN5O2/c1-14-12-31-22-18(23(14)32)20(27)19(26)21(24(22)33-13-25(31)9-5-6-10-25)28-11-7-8-17-15(2)29-30(4)16(17)3/h12,28H,5-11,13,27H2,1-4H3. The number of anilines is 2. The summed E-state index contributed by atoms with van der Waals surface area (Å²) in [5.41, 5.74) is 10.6. The normalized spacial score (nSPS) is 16.5. The van der Waals surface area contributed by atoms with Crippen LogP contribution in [-0.2, 0) is 19.0 Å². The SMILES string of the molecule is Cc1nn(C)c(C)c1CCCNc1c(F)c(N)c2c(=O)c(C)cn3c2c1OCC31CCCC1. The largest absolute Gasteiger partial charge is 0.487 e. The van der Waals surface area contributed by atoms with Gasteiger partial charge in [0.15, 0.2) is 17.0 Å². The Bertz CT molecular complexity index is 1320. The van der Waals surface area contributed by atoms with Crippen LogP contribution in [0.25, 0.3) is 10.9 Å². The Balaban J connectivity index is 1.53. The fourth-order valence-electron chi connectivity index (χ4n) is 5.70. The Labute approximate surface area is 192 Å². The smallest absolute Gasteiger partial charge is 0.194 e. The van der Waals surface area contributed by atoms with Crippen molar-refractivity contribution in [3.63, 3.8) is 0 Å². The number of nitrogens with one attached hydrogen (secondary N) is 1. The zero-order valence-corrected chi connectivity index (χ0v) is 19.8. The number of benzene rings is 1. The van der Waals surface area contributed by atoms with Crippen LogP contribution in [0.1, 0.15) is 54.6 Å². The number of aromatic nitrogens is 3. The number of nitrogens with two attached hydrogens (primary N) is 1. The summed E-state index contributed by atoms with van der Waals surface area (Å²) in [7, 11) is 1.94. The third-order valence-electron chi connectivity index (χ3n) is 7.65. The minimum absolute atomic E-state index is 0.101. The van der Waals surface area contributed by atoms with Gasteiger partial charge in [-0.25, -0.2) is 4.39 Å². The molecule has 7 nitrogen and oxygen atoms in total. The molecular weight excluding hydrogens is 421 g/mol. The van der Waals surface area contributed by atoms with Gasteiger partial charge in [0, 0.05) is 31.0 Å². The molecule has 0 bridgehead atoms. The van der Waals surface area contributed by atoms with Gasteiger partial charge in [0.25, 0.3) is 0 Å². The van der Waals surface area contributed by atoms with Gasteiger partial charge in [-0.05, 0) is 52.0 Å². The van der Waals surface area contributed by atoms with Crippen molar-refractivity contribution in [1.82, 2.24) is 14.3 Å². The maximum atomic E-state index is 15.5. The zero-order chi connectivity index (χ0) is 23.5. The molecule has 1 aliphatic heterocycles. The summed E-state index contributed by atoms with van der Waals surface area (Å²) in [5.74, 6) is -0.206. The highest BCUT2D eigenvalue weighted by Gasteiger charge is 2.42. The molecule has 33 heavy (non-hydrogen) atoms. The van der Waals surface area contributed by atoms with Crippen LogP contribution in [0.5, 0.6) is 5.75 Å². The lowest BCUT2D eigenvalue weighted by molar-refractivity contribution is 0.143. The van der Waals surface area contributed by atoms with E-state index in [1.54, 1.807) is 6.92 Å². The summed E-state index contributed by atoms with van der Waals surface area (Å²) in [6.45, 7) is 6.87. The van der Waals surface area contributed by atoms with Crippen LogP contribution in [0.4, 0.5) is 15.8 Å². The number of nitrogens with zero attached hydrogens (tertiary/aromatic N) is 3. The van der Waals surface area contributed by atoms with Gasteiger partial charge in [-0.1, -0.05) is 12.8 Å². The van der Waals surface area contributed by atoms with E-state index >= 15 is 4.39 Å². The summed E-state index contributed by atoms with van der Waals surface area (Å²) in [5, 5.41) is 7.94. The van der Waals surface area contributed by atoms with Gasteiger partial charge >= 0.3 is 0 Å². The number of pyridine rings is 1. The molecule has 0 saturated heterocycles. The summed E-state index contributed by atoms with van der Waals surface area (Å²) < 4.78 is 25.7. The fourth-order valence-corrected chi connectivity index (χ4v) is 5.70. The summed E-state index contributed by atoms with van der Waals surface area (Å²) in [6.07, 6.45) is 7.74. The highest BCUT2D eigenvalue weighted by atomic mass is 19.1. The van der Waals surface area contributed by atoms with Gasteiger partial charge in [0.2, 0.25) is 0 Å². The second-order valence-corrected chi connectivity index (χ2v) is 9.69. The minimum atomic E-state index is -0.608. The van der Waals surface area contributed by atoms with Gasteiger partial charge in [0.1, 0.15) is 12.3 Å². The summed E-state index contributed by atoms with van der Waals surface area (Å²) >= 11 is 0. The van der Waals surface area contributed by atoms with Crippen molar-refractivity contribution in [2.75, 3.05) is 24.2 Å². The highest BCUT2D eigenvalue weighted by molar-refractivity contribution is 6.00. The van der Waals surface area contributed by atoms with E-state index in [0.29, 0.717) is 30.0 Å². The Hall–Kier alpha value is -3.03. The van der Waals surface area contributed by atoms with Crippen LogP contribution in [0, 0.1) is 26.6 Å². The molecule has 0 atom stereocenters. The topological polar surface area (TPSA) is 87.1 Å². The van der Waals surface area contributed by atoms with Gasteiger partial charge in [-0.15, -0.1) is 0 Å². The molecule has 1 fully saturated rings. The molecule has 2 aliphatic rings. The molecule has 1 aromatic carbocycles. The monoisotopic (exact) mass is 453 g/mol. The lowest BCUT2D eigenvalue weighted by Gasteiger charge is -2.39. The second-order valence-electron chi connectivity index (χ2n) is 9.69. The number of halogens is 1. The molecule has 1 aliphatic carbocycles. The molecule has 0 unspecified atom stereocenters. The molecule has 2 aromatic heterocycles. The molecular formula is C25H32FN5O2. The van der Waals surface area contributed by atoms with Crippen molar-refractivity contribution in [2.45, 2.75) is 64.8 Å². The van der Waals surface area contributed by atoms with Gasteiger partial charge in [-0.2, -0.15) is 5.10 Å². The first kappa shape index (κ1) is 21.8. The molecule has 5 rings (SSSR count). The number of aryl methyl sites for hydroxylation is 3. The molecule has 3 N–H and O–H groups in total. The Morgan fingerprint density at radius 2 is 2.00 bits per heavy atom. The molecule has 0 radical (unpaired) electrons. The van der Waals surface area contributed by atoms with Crippen molar-refractivity contribution in [3.05, 3.63) is 44.8 Å². The lowest BCUT2D eigenvalue weighted by atomic mass is 9.93. The predicted octanol–water partition coefficient (Wildman–Crippen LogP) is 4.09. The van der Waals surface area contributed by atoms with Crippen LogP contribution in [0.15, 0.2) is 11.0 Å². The van der Waals surface area contributed by atoms with E-state index in [-0.39, 0.29) is 27.7 Å². The average molecular weight is 454 g/mol. The van der Waals surface area contributed by atoms with E-state index in [0.717, 1.165) is 49.9 Å². The van der Waals surface area contributed by atoms with Crippen LogP contribution in [0.3, 0.4) is 0 Å². The number of rotatable bonds is 5. The minimum Gasteiger partial charge on any atom is -0.487 e. The van der Waals surface area contributed by atoms with Crippen molar-refractivity contribution in [1.29, 1.82) is 0 Å². The van der Waals surface area contributed by atoms with E-state index < -0.39 is 5.82 Å². The van der Waals surface area contributed by atoms with Crippen LogP contribution >= 0.6 is 0 Å². The van der Waals surface area contributed by atoms with Gasteiger partial charge in [-0.3, -0.25) is 9.48 Å². The molecule has 176 valence electrons. The van der Waals surface area contributed by atoms with Gasteiger partial charge < -0.3 is 20.4 Å². The summed E-state index contributed by atoms with van der Waals surface area (Å²) in [6, 6.07) is 0. The van der Waals surface area contributed by atoms with Crippen molar-refractivity contribution >= 4 is 22.3 Å². The first-order valence-corrected chi connectivity index (χ1v) is 11.8. The summed E-state index contributed by atoms with van der Waals surface area (Å²) in [4.78, 5) is 13.0. The zero-order valence-electron chi connectivity index (χ0n) is 19.8. The maximum Gasteiger partial charge on any atom is 0.194 e. The molecule has 3 heterocycles. The third-order valence-corrected chi connectivity index (χ3v) is 7.65. The molecule has 1 spiro atoms. The fraction of sp³-hybridized carbons (Fsp3) is 0.520. The second kappa shape index (κ2) is 7.78. The van der Waals surface area contributed by atoms with E-state index in [4.69, 9.17) is 10.5 Å². The molecule has 1 saturated carbocycles. The van der Waals surface area contributed by atoms with Crippen LogP contribution < -0.4 is 21.2 Å². The molecule has 3 aromatic rings. The lowest BCUT2D eigenvalue weighted by Crippen LogP contribution is -2.41. The molecule has 8 heteroatoms. The Morgan fingerprint density at radius 1 is 1.27 bits per heavy atom. The van der Waals surface area contributed by atoms with Crippen molar-refractivity contribution in [2.24, 2.45) is 7.05 Å². The van der Waals surface area contributed by atoms with E-state index in [1.165, 1.54) is 5.56 Å². The van der Waals surface area contributed by atoms with Crippen LogP contribution in [-0.4, -0.2) is 27.5 Å². The number of fused-ring (bicyclic) bond motifs is 1. The molecule has 0 amide bonds. The van der Waals surface area contributed by atoms with E-state index in [2.05, 4.69) is 21.9 Å². The third kappa shape index (κ3) is 3.21. The van der Waals surface area contributed by atoms with Gasteiger partial charge in [0.05, 0.1) is 27.8 Å². The van der Waals surface area contributed by atoms with Crippen molar-refractivity contribution in [3.8, 4) is 5.75 Å². The van der Waals surface area contributed by atoms with E-state index in [1.807, 2.05) is 24.9 Å². The highest BCUT2D eigenvalue weighted by Crippen LogP contribution is 2.48. The first-order valence-electron chi connectivity index (χ1n) is 11.8. The Kier molecular flexibility index (Phi) is 5.14. The number of ether oxygens (including phenoxy) is 1. The maximum absolute atomic E-state index is 15.5. The van der Waals surface area contributed by atoms with E-state index in [9.17, 15) is 4.79 Å². The van der Waals surface area contributed by atoms with Crippen molar-refractivity contribution < 1.29 is 9.13 Å². The first-order chi connectivity index (χ1) is 15.7. The van der Waals surface area contributed by atoms with Crippen LogP contribution in [0.2, 0.25) is 0 Å². The number of nitrogen functional groups attached to an aromatic ring is 1.